The van der Waals surface area contributed by atoms with Crippen LogP contribution in [0.25, 0.3) is 0 Å². The highest BCUT2D eigenvalue weighted by atomic mass is 16.6. The van der Waals surface area contributed by atoms with Crippen molar-refractivity contribution in [3.05, 3.63) is 0 Å². The molecule has 2 aliphatic heterocycles. The zero-order valence-corrected chi connectivity index (χ0v) is 13.3. The van der Waals surface area contributed by atoms with Crippen LogP contribution in [0, 0.1) is 16.7 Å². The second-order valence-electron chi connectivity index (χ2n) is 7.58. The molecule has 3 aliphatic rings. The molecule has 1 saturated carbocycles. The average Bonchev–Trinajstić information content (AvgIpc) is 2.77. The number of esters is 1. The van der Waals surface area contributed by atoms with Crippen LogP contribution in [-0.4, -0.2) is 46.5 Å². The molecule has 0 radical (unpaired) electrons. The zero-order valence-electron chi connectivity index (χ0n) is 13.3. The Morgan fingerprint density at radius 2 is 1.77 bits per heavy atom. The van der Waals surface area contributed by atoms with E-state index in [1.165, 1.54) is 0 Å². The van der Waals surface area contributed by atoms with E-state index < -0.39 is 22.4 Å². The number of rotatable bonds is 2. The summed E-state index contributed by atoms with van der Waals surface area (Å²) < 4.78 is 5.61. The molecule has 6 heteroatoms. The number of nitrogens with zero attached hydrogens (tertiary/aromatic N) is 1. The van der Waals surface area contributed by atoms with Gasteiger partial charge < -0.3 is 14.7 Å². The van der Waals surface area contributed by atoms with Gasteiger partial charge in [-0.25, -0.2) is 0 Å². The molecule has 1 aliphatic carbocycles. The maximum atomic E-state index is 13.1. The molecule has 2 bridgehead atoms. The Hall–Kier alpha value is -1.59. The molecular weight excluding hydrogens is 286 g/mol. The Kier molecular flexibility index (Phi) is 3.10. The Labute approximate surface area is 129 Å². The van der Waals surface area contributed by atoms with E-state index in [1.54, 1.807) is 4.90 Å². The van der Waals surface area contributed by atoms with Crippen molar-refractivity contribution in [2.24, 2.45) is 16.7 Å². The molecule has 3 rings (SSSR count). The summed E-state index contributed by atoms with van der Waals surface area (Å²) in [6, 6.07) is 0. The minimum atomic E-state index is -1.07. The summed E-state index contributed by atoms with van der Waals surface area (Å²) in [7, 11) is 0. The number of ether oxygens (including phenoxy) is 1. The first-order valence-corrected chi connectivity index (χ1v) is 7.91. The van der Waals surface area contributed by atoms with Crippen molar-refractivity contribution in [3.63, 3.8) is 0 Å². The van der Waals surface area contributed by atoms with Crippen molar-refractivity contribution in [1.29, 1.82) is 0 Å². The Morgan fingerprint density at radius 1 is 1.18 bits per heavy atom. The molecule has 1 amide bonds. The number of hydrogen-bond acceptors (Lipinski definition) is 4. The van der Waals surface area contributed by atoms with Gasteiger partial charge in [0.1, 0.15) is 0 Å². The number of piperidine rings is 1. The lowest BCUT2D eigenvalue weighted by molar-refractivity contribution is -0.175. The molecule has 2 atom stereocenters. The summed E-state index contributed by atoms with van der Waals surface area (Å²) in [6.07, 6.45) is 2.14. The van der Waals surface area contributed by atoms with Gasteiger partial charge in [0.25, 0.3) is 5.91 Å². The van der Waals surface area contributed by atoms with Gasteiger partial charge in [-0.3, -0.25) is 14.4 Å². The molecule has 122 valence electrons. The van der Waals surface area contributed by atoms with Gasteiger partial charge in [0.15, 0.2) is 5.60 Å². The first-order chi connectivity index (χ1) is 10.2. The van der Waals surface area contributed by atoms with E-state index in [4.69, 9.17) is 9.84 Å². The summed E-state index contributed by atoms with van der Waals surface area (Å²) >= 11 is 0. The third-order valence-corrected chi connectivity index (χ3v) is 6.56. The molecule has 0 aromatic rings. The Morgan fingerprint density at radius 3 is 2.18 bits per heavy atom. The zero-order chi connectivity index (χ0) is 16.3. The summed E-state index contributed by atoms with van der Waals surface area (Å²) in [6.45, 7) is 6.59. The second-order valence-corrected chi connectivity index (χ2v) is 7.58. The molecule has 0 unspecified atom stereocenters. The fourth-order valence-corrected chi connectivity index (χ4v) is 4.31. The maximum absolute atomic E-state index is 13.1. The van der Waals surface area contributed by atoms with E-state index >= 15 is 0 Å². The Balaban J connectivity index is 1.82. The van der Waals surface area contributed by atoms with Crippen molar-refractivity contribution in [2.45, 2.75) is 52.1 Å². The third-order valence-electron chi connectivity index (χ3n) is 6.56. The van der Waals surface area contributed by atoms with E-state index in [9.17, 15) is 14.4 Å². The number of carboxylic acid groups (broad SMARTS) is 1. The predicted octanol–water partition coefficient (Wildman–Crippen LogP) is 1.43. The number of carbonyl (C=O) groups excluding carboxylic acids is 2. The lowest BCUT2D eigenvalue weighted by Crippen LogP contribution is -2.56. The van der Waals surface area contributed by atoms with E-state index in [0.717, 1.165) is 0 Å². The van der Waals surface area contributed by atoms with E-state index in [0.29, 0.717) is 38.8 Å². The van der Waals surface area contributed by atoms with Crippen LogP contribution in [0.2, 0.25) is 0 Å². The average molecular weight is 309 g/mol. The van der Waals surface area contributed by atoms with Crippen molar-refractivity contribution >= 4 is 17.8 Å². The van der Waals surface area contributed by atoms with Crippen molar-refractivity contribution in [1.82, 2.24) is 4.90 Å². The fraction of sp³-hybridized carbons (Fsp3) is 0.812. The number of fused-ring (bicyclic) bond motifs is 2. The molecule has 2 heterocycles. The molecule has 3 fully saturated rings. The van der Waals surface area contributed by atoms with E-state index in [-0.39, 0.29) is 17.8 Å². The lowest BCUT2D eigenvalue weighted by Gasteiger charge is -2.40. The summed E-state index contributed by atoms with van der Waals surface area (Å²) in [5, 5.41) is 9.06. The number of aliphatic carboxylic acids is 1. The van der Waals surface area contributed by atoms with Crippen LogP contribution in [0.1, 0.15) is 46.5 Å². The molecule has 0 aromatic heterocycles. The number of amides is 1. The smallest absolute Gasteiger partial charge is 0.313 e. The number of likely N-dealkylation sites (tertiary alicyclic amines) is 1. The normalized spacial score (nSPS) is 37.2. The van der Waals surface area contributed by atoms with Crippen LogP contribution >= 0.6 is 0 Å². The minimum absolute atomic E-state index is 0.143. The third kappa shape index (κ3) is 1.64. The van der Waals surface area contributed by atoms with Gasteiger partial charge in [-0.15, -0.1) is 0 Å². The van der Waals surface area contributed by atoms with Crippen LogP contribution in [0.15, 0.2) is 0 Å². The second kappa shape index (κ2) is 4.46. The maximum Gasteiger partial charge on any atom is 0.313 e. The van der Waals surface area contributed by atoms with Crippen molar-refractivity contribution in [2.75, 3.05) is 13.1 Å². The molecular formula is C16H23NO5. The van der Waals surface area contributed by atoms with Crippen molar-refractivity contribution in [3.8, 4) is 0 Å². The van der Waals surface area contributed by atoms with Gasteiger partial charge in [-0.05, 0) is 32.6 Å². The van der Waals surface area contributed by atoms with Crippen LogP contribution in [0.5, 0.6) is 0 Å². The molecule has 6 nitrogen and oxygen atoms in total. The molecule has 2 saturated heterocycles. The summed E-state index contributed by atoms with van der Waals surface area (Å²) in [5.41, 5.74) is -2.23. The van der Waals surface area contributed by atoms with Gasteiger partial charge in [0.2, 0.25) is 0 Å². The number of carboxylic acids is 1. The molecule has 0 spiro atoms. The quantitative estimate of drug-likeness (QED) is 0.780. The van der Waals surface area contributed by atoms with E-state index in [1.807, 2.05) is 20.8 Å². The summed E-state index contributed by atoms with van der Waals surface area (Å²) in [4.78, 5) is 38.0. The largest absolute Gasteiger partial charge is 0.481 e. The number of hydrogen-bond donors (Lipinski definition) is 1. The highest BCUT2D eigenvalue weighted by Crippen LogP contribution is 2.66. The van der Waals surface area contributed by atoms with Gasteiger partial charge >= 0.3 is 11.9 Å². The van der Waals surface area contributed by atoms with Crippen LogP contribution in [0.3, 0.4) is 0 Å². The van der Waals surface area contributed by atoms with Gasteiger partial charge in [0, 0.05) is 18.5 Å². The predicted molar refractivity (Wildman–Crippen MR) is 76.9 cm³/mol. The van der Waals surface area contributed by atoms with Gasteiger partial charge in [-0.2, -0.15) is 0 Å². The van der Waals surface area contributed by atoms with E-state index in [2.05, 4.69) is 0 Å². The van der Waals surface area contributed by atoms with Crippen molar-refractivity contribution < 1.29 is 24.2 Å². The lowest BCUT2D eigenvalue weighted by atomic mass is 9.66. The SMILES string of the molecule is CC1(C)[C@@]2(C(=O)N3CCC(C(=O)O)CC3)CC[C@]1(C)C(=O)O2. The first kappa shape index (κ1) is 15.3. The first-order valence-electron chi connectivity index (χ1n) is 7.91. The van der Waals surface area contributed by atoms with Crippen LogP contribution in [0.4, 0.5) is 0 Å². The van der Waals surface area contributed by atoms with Crippen LogP contribution in [-0.2, 0) is 19.1 Å². The van der Waals surface area contributed by atoms with Crippen LogP contribution < -0.4 is 0 Å². The van der Waals surface area contributed by atoms with Gasteiger partial charge in [-0.1, -0.05) is 13.8 Å². The topological polar surface area (TPSA) is 83.9 Å². The molecule has 0 aromatic carbocycles. The monoisotopic (exact) mass is 309 g/mol. The standard InChI is InChI=1S/C16H23NO5/c1-14(2)15(3)6-7-16(14,22-13(15)21)12(20)17-8-4-10(5-9-17)11(18)19/h10H,4-9H2,1-3H3,(H,18,19)/t15-,16+/m1/s1. The Bertz CT molecular complexity index is 549. The molecule has 22 heavy (non-hydrogen) atoms. The number of carbonyl (C=O) groups is 3. The van der Waals surface area contributed by atoms with Gasteiger partial charge in [0.05, 0.1) is 11.3 Å². The summed E-state index contributed by atoms with van der Waals surface area (Å²) in [5.74, 6) is -1.60. The minimum Gasteiger partial charge on any atom is -0.481 e. The molecule has 1 N–H and O–H groups in total. The highest BCUT2D eigenvalue weighted by Gasteiger charge is 2.76. The fourth-order valence-electron chi connectivity index (χ4n) is 4.31. The highest BCUT2D eigenvalue weighted by molar-refractivity contribution is 5.96.